The minimum atomic E-state index is -1.06. The lowest BCUT2D eigenvalue weighted by Gasteiger charge is -2.38. The molecule has 280 valence electrons. The van der Waals surface area contributed by atoms with Gasteiger partial charge in [0, 0.05) is 70.8 Å². The third-order valence-electron chi connectivity index (χ3n) is 9.93. The number of nitrogens with one attached hydrogen (secondary N) is 2. The number of rotatable bonds is 16. The number of primary amides is 1. The molecular weight excluding hydrogens is 681 g/mol. The van der Waals surface area contributed by atoms with Crippen LogP contribution in [0.4, 0.5) is 0 Å². The maximum absolute atomic E-state index is 14.9. The lowest BCUT2D eigenvalue weighted by Crippen LogP contribution is -2.60. The molecule has 1 heterocycles. The average Bonchev–Trinajstić information content (AvgIpc) is 3.59. The van der Waals surface area contributed by atoms with Crippen molar-refractivity contribution in [2.45, 2.75) is 56.8 Å². The Morgan fingerprint density at radius 2 is 0.981 bits per heavy atom. The summed E-state index contributed by atoms with van der Waals surface area (Å²) in [7, 11) is 4.62. The number of para-hydroxylation sites is 1. The third-order valence-corrected chi connectivity index (χ3v) is 9.93. The van der Waals surface area contributed by atoms with Gasteiger partial charge in [0.1, 0.15) is 24.2 Å². The Hall–Kier alpha value is -6.23. The molecule has 0 radical (unpaired) electrons. The van der Waals surface area contributed by atoms with Gasteiger partial charge in [-0.25, -0.2) is 0 Å². The van der Waals surface area contributed by atoms with Crippen molar-refractivity contribution in [2.75, 3.05) is 21.1 Å². The molecule has 5 aromatic rings. The second-order valence-corrected chi connectivity index (χ2v) is 13.7. The van der Waals surface area contributed by atoms with Gasteiger partial charge in [-0.2, -0.15) is 0 Å². The first kappa shape index (κ1) is 39.0. The molecule has 0 unspecified atom stereocenters. The van der Waals surface area contributed by atoms with Crippen LogP contribution in [-0.4, -0.2) is 94.5 Å². The Bertz CT molecular complexity index is 2050. The summed E-state index contributed by atoms with van der Waals surface area (Å²) in [5.41, 5.74) is 10.0. The van der Waals surface area contributed by atoms with E-state index in [4.69, 9.17) is 5.73 Å². The van der Waals surface area contributed by atoms with Gasteiger partial charge in [-0.3, -0.25) is 24.0 Å². The lowest BCUT2D eigenvalue weighted by atomic mass is 9.97. The van der Waals surface area contributed by atoms with E-state index in [0.717, 1.165) is 33.2 Å². The number of aromatic nitrogens is 1. The van der Waals surface area contributed by atoms with Gasteiger partial charge in [0.05, 0.1) is 0 Å². The number of nitrogens with zero attached hydrogens (tertiary/aromatic N) is 3. The van der Waals surface area contributed by atoms with E-state index >= 15 is 0 Å². The number of hydrogen-bond acceptors (Lipinski definition) is 5. The molecule has 0 spiro atoms. The Morgan fingerprint density at radius 1 is 0.574 bits per heavy atom. The molecule has 0 aliphatic rings. The number of fused-ring (bicyclic) bond motifs is 1. The van der Waals surface area contributed by atoms with Crippen molar-refractivity contribution in [3.63, 3.8) is 0 Å². The van der Waals surface area contributed by atoms with Gasteiger partial charge in [-0.15, -0.1) is 0 Å². The smallest absolute Gasteiger partial charge is 0.246 e. The van der Waals surface area contributed by atoms with E-state index in [9.17, 15) is 24.0 Å². The monoisotopic (exact) mass is 728 g/mol. The summed E-state index contributed by atoms with van der Waals surface area (Å²) >= 11 is 0. The topological polar surface area (TPSA) is 149 Å². The zero-order valence-corrected chi connectivity index (χ0v) is 31.1. The van der Waals surface area contributed by atoms with E-state index in [1.807, 2.05) is 121 Å². The van der Waals surface area contributed by atoms with Gasteiger partial charge in [-0.1, -0.05) is 109 Å². The second kappa shape index (κ2) is 18.0. The van der Waals surface area contributed by atoms with Crippen LogP contribution in [0.2, 0.25) is 0 Å². The first-order valence-corrected chi connectivity index (χ1v) is 18.0. The van der Waals surface area contributed by atoms with Crippen molar-refractivity contribution in [2.24, 2.45) is 5.73 Å². The van der Waals surface area contributed by atoms with E-state index in [1.54, 1.807) is 14.1 Å². The number of H-pyrrole nitrogens is 1. The third kappa shape index (κ3) is 9.60. The zero-order chi connectivity index (χ0) is 38.8. The van der Waals surface area contributed by atoms with Crippen LogP contribution in [0.5, 0.6) is 0 Å². The maximum atomic E-state index is 14.9. The summed E-state index contributed by atoms with van der Waals surface area (Å²) in [5.74, 6) is -2.48. The van der Waals surface area contributed by atoms with Gasteiger partial charge in [0.2, 0.25) is 29.5 Å². The van der Waals surface area contributed by atoms with Crippen LogP contribution in [0.3, 0.4) is 0 Å². The summed E-state index contributed by atoms with van der Waals surface area (Å²) in [6.45, 7) is 1.35. The van der Waals surface area contributed by atoms with Crippen LogP contribution in [0, 0.1) is 0 Å². The molecule has 4 aromatic carbocycles. The molecule has 0 saturated carbocycles. The molecule has 54 heavy (non-hydrogen) atoms. The molecular formula is C43H48N6O5. The molecule has 5 amide bonds. The van der Waals surface area contributed by atoms with Gasteiger partial charge in [0.15, 0.2) is 0 Å². The standard InChI is InChI=1S/C43H48N6O5/c1-29(50)46-36(27-33-28-45-35-23-15-14-22-34(33)35)41(52)48(3)38(25-31-18-10-6-11-19-31)43(54)49(4)39(26-32-20-12-7-13-21-32)42(53)47(2)37(40(44)51)24-30-16-8-5-9-17-30/h5-23,28,36-39,45H,24-27H2,1-4H3,(H2,44,51)(H,46,50)/t36-,37-,38-,39-/m0/s1. The summed E-state index contributed by atoms with van der Waals surface area (Å²) in [6.07, 6.45) is 2.49. The number of amides is 5. The van der Waals surface area contributed by atoms with Gasteiger partial charge < -0.3 is 30.7 Å². The van der Waals surface area contributed by atoms with Gasteiger partial charge >= 0.3 is 0 Å². The van der Waals surface area contributed by atoms with Crippen LogP contribution >= 0.6 is 0 Å². The fourth-order valence-corrected chi connectivity index (χ4v) is 6.86. The molecule has 0 aliphatic heterocycles. The molecule has 0 saturated heterocycles. The first-order chi connectivity index (χ1) is 25.9. The molecule has 11 heteroatoms. The lowest BCUT2D eigenvalue weighted by molar-refractivity contribution is -0.152. The second-order valence-electron chi connectivity index (χ2n) is 13.7. The number of carbonyl (C=O) groups excluding carboxylic acids is 5. The quantitative estimate of drug-likeness (QED) is 0.141. The highest BCUT2D eigenvalue weighted by Crippen LogP contribution is 2.22. The van der Waals surface area contributed by atoms with Crippen molar-refractivity contribution in [3.05, 3.63) is 144 Å². The minimum Gasteiger partial charge on any atom is -0.368 e. The normalized spacial score (nSPS) is 13.3. The Kier molecular flexibility index (Phi) is 13.0. The highest BCUT2D eigenvalue weighted by Gasteiger charge is 2.39. The fraction of sp³-hybridized carbons (Fsp3) is 0.279. The number of nitrogens with two attached hydrogens (primary N) is 1. The molecule has 4 N–H and O–H groups in total. The Balaban J connectivity index is 1.48. The predicted octanol–water partition coefficient (Wildman–Crippen LogP) is 3.91. The van der Waals surface area contributed by atoms with Crippen molar-refractivity contribution >= 4 is 40.4 Å². The van der Waals surface area contributed by atoms with E-state index in [-0.39, 0.29) is 31.6 Å². The molecule has 0 fully saturated rings. The summed E-state index contributed by atoms with van der Waals surface area (Å²) < 4.78 is 0. The van der Waals surface area contributed by atoms with Crippen molar-refractivity contribution in [3.8, 4) is 0 Å². The van der Waals surface area contributed by atoms with E-state index < -0.39 is 47.8 Å². The van der Waals surface area contributed by atoms with Crippen LogP contribution in [0.1, 0.15) is 29.2 Å². The van der Waals surface area contributed by atoms with Crippen LogP contribution in [-0.2, 0) is 49.7 Å². The van der Waals surface area contributed by atoms with Crippen LogP contribution < -0.4 is 11.1 Å². The first-order valence-electron chi connectivity index (χ1n) is 18.0. The number of likely N-dealkylation sites (N-methyl/N-ethyl adjacent to an activating group) is 3. The number of hydrogen-bond donors (Lipinski definition) is 3. The van der Waals surface area contributed by atoms with E-state index in [2.05, 4.69) is 10.3 Å². The summed E-state index contributed by atoms with van der Waals surface area (Å²) in [4.78, 5) is 76.4. The number of benzene rings is 4. The van der Waals surface area contributed by atoms with Crippen molar-refractivity contribution in [1.82, 2.24) is 25.0 Å². The SMILES string of the molecule is CC(=O)N[C@@H](Cc1c[nH]c2ccccc12)C(=O)N(C)[C@@H](Cc1ccccc1)C(=O)N(C)[C@@H](Cc1ccccc1)C(=O)N(C)[C@@H](Cc1ccccc1)C(N)=O. The summed E-state index contributed by atoms with van der Waals surface area (Å²) in [6, 6.07) is 31.5. The molecule has 5 rings (SSSR count). The molecule has 1 aromatic heterocycles. The molecule has 11 nitrogen and oxygen atoms in total. The van der Waals surface area contributed by atoms with Crippen molar-refractivity contribution < 1.29 is 24.0 Å². The van der Waals surface area contributed by atoms with E-state index in [0.29, 0.717) is 0 Å². The Morgan fingerprint density at radius 3 is 1.44 bits per heavy atom. The minimum absolute atomic E-state index is 0.145. The molecule has 0 bridgehead atoms. The maximum Gasteiger partial charge on any atom is 0.246 e. The predicted molar refractivity (Wildman–Crippen MR) is 209 cm³/mol. The van der Waals surface area contributed by atoms with E-state index in [1.165, 1.54) is 28.7 Å². The highest BCUT2D eigenvalue weighted by atomic mass is 16.2. The van der Waals surface area contributed by atoms with Crippen LogP contribution in [0.15, 0.2) is 121 Å². The number of carbonyl (C=O) groups is 5. The van der Waals surface area contributed by atoms with Gasteiger partial charge in [0.25, 0.3) is 0 Å². The Labute approximate surface area is 316 Å². The summed E-state index contributed by atoms with van der Waals surface area (Å²) in [5, 5.41) is 3.73. The average molecular weight is 729 g/mol. The highest BCUT2D eigenvalue weighted by molar-refractivity contribution is 5.96. The number of aromatic amines is 1. The van der Waals surface area contributed by atoms with Crippen LogP contribution in [0.25, 0.3) is 10.9 Å². The van der Waals surface area contributed by atoms with Gasteiger partial charge in [-0.05, 0) is 28.3 Å². The molecule has 0 aliphatic carbocycles. The largest absolute Gasteiger partial charge is 0.368 e. The van der Waals surface area contributed by atoms with Crippen molar-refractivity contribution in [1.29, 1.82) is 0 Å². The fourth-order valence-electron chi connectivity index (χ4n) is 6.86. The molecule has 4 atom stereocenters. The zero-order valence-electron chi connectivity index (χ0n) is 31.1.